The third-order valence-electron chi connectivity index (χ3n) is 2.28. The summed E-state index contributed by atoms with van der Waals surface area (Å²) in [5.74, 6) is -0.101. The van der Waals surface area contributed by atoms with Crippen molar-refractivity contribution in [2.45, 2.75) is 6.42 Å². The van der Waals surface area contributed by atoms with Gasteiger partial charge in [0.1, 0.15) is 11.4 Å². The van der Waals surface area contributed by atoms with Gasteiger partial charge in [0.15, 0.2) is 0 Å². The Kier molecular flexibility index (Phi) is 4.71. The standard InChI is InChI=1S/C11H17N3O3/c1-13(2)7-3-6-12-10-5-4-9(15)8-11(10)14(16)17/h4-5,8,12,15H,3,6-7H2,1-2H3. The van der Waals surface area contributed by atoms with E-state index in [0.717, 1.165) is 19.0 Å². The minimum Gasteiger partial charge on any atom is -0.508 e. The Hall–Kier alpha value is -1.82. The van der Waals surface area contributed by atoms with Crippen molar-refractivity contribution in [2.24, 2.45) is 0 Å². The van der Waals surface area contributed by atoms with Crippen LogP contribution in [0.2, 0.25) is 0 Å². The number of nitrogens with zero attached hydrogens (tertiary/aromatic N) is 2. The lowest BCUT2D eigenvalue weighted by molar-refractivity contribution is -0.384. The van der Waals surface area contributed by atoms with Gasteiger partial charge in [-0.1, -0.05) is 0 Å². The van der Waals surface area contributed by atoms with Gasteiger partial charge in [-0.3, -0.25) is 10.1 Å². The molecule has 0 unspecified atom stereocenters. The molecule has 6 heteroatoms. The highest BCUT2D eigenvalue weighted by Crippen LogP contribution is 2.28. The predicted molar refractivity (Wildman–Crippen MR) is 66.4 cm³/mol. The molecule has 1 aromatic carbocycles. The van der Waals surface area contributed by atoms with E-state index < -0.39 is 4.92 Å². The average Bonchev–Trinajstić information content (AvgIpc) is 2.25. The van der Waals surface area contributed by atoms with Crippen molar-refractivity contribution < 1.29 is 10.0 Å². The zero-order valence-corrected chi connectivity index (χ0v) is 10.0. The van der Waals surface area contributed by atoms with Crippen molar-refractivity contribution in [1.29, 1.82) is 0 Å². The first-order valence-corrected chi connectivity index (χ1v) is 5.36. The number of benzene rings is 1. The predicted octanol–water partition coefficient (Wildman–Crippen LogP) is 1.66. The number of anilines is 1. The zero-order valence-electron chi connectivity index (χ0n) is 10.0. The molecule has 0 saturated carbocycles. The minimum absolute atomic E-state index is 0.101. The number of nitro benzene ring substituents is 1. The Morgan fingerprint density at radius 3 is 2.76 bits per heavy atom. The van der Waals surface area contributed by atoms with Crippen LogP contribution in [0.1, 0.15) is 6.42 Å². The summed E-state index contributed by atoms with van der Waals surface area (Å²) in [6.45, 7) is 1.57. The number of nitro groups is 1. The van der Waals surface area contributed by atoms with E-state index >= 15 is 0 Å². The van der Waals surface area contributed by atoms with Crippen LogP contribution in [0.3, 0.4) is 0 Å². The van der Waals surface area contributed by atoms with E-state index in [0.29, 0.717) is 12.2 Å². The summed E-state index contributed by atoms with van der Waals surface area (Å²) >= 11 is 0. The topological polar surface area (TPSA) is 78.6 Å². The van der Waals surface area contributed by atoms with Gasteiger partial charge in [-0.25, -0.2) is 0 Å². The van der Waals surface area contributed by atoms with Gasteiger partial charge in [-0.2, -0.15) is 0 Å². The van der Waals surface area contributed by atoms with Gasteiger partial charge in [-0.15, -0.1) is 0 Å². The van der Waals surface area contributed by atoms with Crippen molar-refractivity contribution in [3.05, 3.63) is 28.3 Å². The highest BCUT2D eigenvalue weighted by Gasteiger charge is 2.13. The number of phenolic OH excluding ortho intramolecular Hbond substituents is 1. The van der Waals surface area contributed by atoms with Crippen LogP contribution in [-0.2, 0) is 0 Å². The lowest BCUT2D eigenvalue weighted by Gasteiger charge is -2.10. The van der Waals surface area contributed by atoms with Gasteiger partial charge in [0, 0.05) is 6.54 Å². The van der Waals surface area contributed by atoms with Crippen molar-refractivity contribution in [3.63, 3.8) is 0 Å². The monoisotopic (exact) mass is 239 g/mol. The quantitative estimate of drug-likeness (QED) is 0.341. The molecule has 17 heavy (non-hydrogen) atoms. The van der Waals surface area contributed by atoms with Crippen LogP contribution < -0.4 is 5.32 Å². The lowest BCUT2D eigenvalue weighted by atomic mass is 10.2. The average molecular weight is 239 g/mol. The fraction of sp³-hybridized carbons (Fsp3) is 0.455. The Bertz CT molecular complexity index is 394. The van der Waals surface area contributed by atoms with Gasteiger partial charge in [0.25, 0.3) is 5.69 Å². The second kappa shape index (κ2) is 6.05. The molecule has 6 nitrogen and oxygen atoms in total. The molecule has 0 aromatic heterocycles. The summed E-state index contributed by atoms with van der Waals surface area (Å²) in [4.78, 5) is 12.3. The Morgan fingerprint density at radius 1 is 1.47 bits per heavy atom. The second-order valence-electron chi connectivity index (χ2n) is 4.04. The van der Waals surface area contributed by atoms with Crippen LogP contribution in [0.5, 0.6) is 5.75 Å². The molecule has 0 bridgehead atoms. The molecule has 0 spiro atoms. The maximum atomic E-state index is 10.8. The summed E-state index contributed by atoms with van der Waals surface area (Å²) in [7, 11) is 3.95. The van der Waals surface area contributed by atoms with Gasteiger partial charge >= 0.3 is 0 Å². The second-order valence-corrected chi connectivity index (χ2v) is 4.04. The zero-order chi connectivity index (χ0) is 12.8. The highest BCUT2D eigenvalue weighted by molar-refractivity contribution is 5.63. The molecule has 0 atom stereocenters. The van der Waals surface area contributed by atoms with E-state index in [9.17, 15) is 15.2 Å². The number of phenols is 1. The number of rotatable bonds is 6. The highest BCUT2D eigenvalue weighted by atomic mass is 16.6. The van der Waals surface area contributed by atoms with E-state index in [4.69, 9.17) is 0 Å². The van der Waals surface area contributed by atoms with Crippen LogP contribution in [0, 0.1) is 10.1 Å². The number of hydrogen-bond donors (Lipinski definition) is 2. The molecule has 0 heterocycles. The molecular weight excluding hydrogens is 222 g/mol. The summed E-state index contributed by atoms with van der Waals surface area (Å²) in [5.41, 5.74) is 0.335. The first-order valence-electron chi connectivity index (χ1n) is 5.36. The summed E-state index contributed by atoms with van der Waals surface area (Å²) in [6.07, 6.45) is 0.894. The van der Waals surface area contributed by atoms with Crippen molar-refractivity contribution in [3.8, 4) is 5.75 Å². The molecule has 0 aliphatic rings. The first kappa shape index (κ1) is 13.2. The van der Waals surface area contributed by atoms with E-state index in [1.54, 1.807) is 0 Å². The van der Waals surface area contributed by atoms with Crippen LogP contribution >= 0.6 is 0 Å². The maximum absolute atomic E-state index is 10.8. The third-order valence-corrected chi connectivity index (χ3v) is 2.28. The molecule has 94 valence electrons. The van der Waals surface area contributed by atoms with E-state index in [1.807, 2.05) is 19.0 Å². The fourth-order valence-electron chi connectivity index (χ4n) is 1.44. The lowest BCUT2D eigenvalue weighted by Crippen LogP contribution is -2.16. The van der Waals surface area contributed by atoms with Crippen LogP contribution in [-0.4, -0.2) is 42.1 Å². The molecular formula is C11H17N3O3. The third kappa shape index (κ3) is 4.28. The maximum Gasteiger partial charge on any atom is 0.296 e. The summed E-state index contributed by atoms with van der Waals surface area (Å²) < 4.78 is 0. The van der Waals surface area contributed by atoms with Gasteiger partial charge in [-0.05, 0) is 39.2 Å². The molecule has 0 aliphatic carbocycles. The minimum atomic E-state index is -0.506. The van der Waals surface area contributed by atoms with Crippen LogP contribution in [0.4, 0.5) is 11.4 Å². The van der Waals surface area contributed by atoms with Crippen LogP contribution in [0.15, 0.2) is 18.2 Å². The largest absolute Gasteiger partial charge is 0.508 e. The SMILES string of the molecule is CN(C)CCCNc1ccc(O)cc1[N+](=O)[O-]. The van der Waals surface area contributed by atoms with E-state index in [1.165, 1.54) is 12.1 Å². The number of aromatic hydroxyl groups is 1. The molecule has 0 saturated heterocycles. The molecule has 0 radical (unpaired) electrons. The van der Waals surface area contributed by atoms with Crippen molar-refractivity contribution in [1.82, 2.24) is 4.90 Å². The van der Waals surface area contributed by atoms with Gasteiger partial charge < -0.3 is 15.3 Å². The first-order chi connectivity index (χ1) is 8.00. The van der Waals surface area contributed by atoms with E-state index in [-0.39, 0.29) is 11.4 Å². The molecule has 0 amide bonds. The number of nitrogens with one attached hydrogen (secondary N) is 1. The number of hydrogen-bond acceptors (Lipinski definition) is 5. The Morgan fingerprint density at radius 2 is 2.18 bits per heavy atom. The smallest absolute Gasteiger partial charge is 0.296 e. The fourth-order valence-corrected chi connectivity index (χ4v) is 1.44. The molecule has 1 rings (SSSR count). The van der Waals surface area contributed by atoms with Crippen molar-refractivity contribution in [2.75, 3.05) is 32.5 Å². The van der Waals surface area contributed by atoms with Crippen molar-refractivity contribution >= 4 is 11.4 Å². The van der Waals surface area contributed by atoms with Crippen LogP contribution in [0.25, 0.3) is 0 Å². The molecule has 2 N–H and O–H groups in total. The summed E-state index contributed by atoms with van der Waals surface area (Å²) in [5, 5.41) is 23.0. The Balaban J connectivity index is 2.61. The van der Waals surface area contributed by atoms with Gasteiger partial charge in [0.05, 0.1) is 11.0 Å². The van der Waals surface area contributed by atoms with E-state index in [2.05, 4.69) is 5.32 Å². The molecule has 0 fully saturated rings. The summed E-state index contributed by atoms with van der Waals surface area (Å²) in [6, 6.07) is 4.10. The van der Waals surface area contributed by atoms with Gasteiger partial charge in [0.2, 0.25) is 0 Å². The molecule has 1 aromatic rings. The molecule has 0 aliphatic heterocycles. The normalized spacial score (nSPS) is 10.5. The Labute approximate surface area is 100 Å².